The van der Waals surface area contributed by atoms with Crippen molar-refractivity contribution in [2.75, 3.05) is 6.61 Å². The van der Waals surface area contributed by atoms with Crippen LogP contribution in [-0.4, -0.2) is 58.0 Å². The minimum absolute atomic E-state index is 0.0440. The van der Waals surface area contributed by atoms with E-state index < -0.39 is 58.6 Å². The van der Waals surface area contributed by atoms with Gasteiger partial charge in [0.2, 0.25) is 5.78 Å². The second-order valence-corrected chi connectivity index (χ2v) is 11.9. The van der Waals surface area contributed by atoms with Crippen LogP contribution in [0.2, 0.25) is 0 Å². The van der Waals surface area contributed by atoms with Crippen molar-refractivity contribution in [2.45, 2.75) is 103 Å². The van der Waals surface area contributed by atoms with Gasteiger partial charge in [-0.2, -0.15) is 0 Å². The number of ketones is 1. The molecule has 0 aromatic carbocycles. The van der Waals surface area contributed by atoms with Crippen molar-refractivity contribution in [2.24, 2.45) is 34.5 Å². The van der Waals surface area contributed by atoms with Gasteiger partial charge in [0.1, 0.15) is 11.8 Å². The summed E-state index contributed by atoms with van der Waals surface area (Å²) in [5.41, 5.74) is -4.43. The molecule has 0 aliphatic heterocycles. The second kappa shape index (κ2) is 8.26. The number of halogens is 1. The van der Waals surface area contributed by atoms with Gasteiger partial charge in [0, 0.05) is 31.1 Å². The van der Waals surface area contributed by atoms with Crippen LogP contribution in [0.4, 0.5) is 4.39 Å². The molecule has 10 atom stereocenters. The standard InChI is InChI=1S/C26H39FO7/c1-14-10-20-18-11-21(27)25(34-16(3)29)12-17(30)6-8-23(25,4)19(18)7-9-24(20,5)26(14,32)22(31)13-33-15(2)28/h14,17-21,30,32H,6-13H2,1-5H3/t14-,17+,18-,19+,20+,21-,23-,24+,25+,26+/m1/s1. The average Bonchev–Trinajstić information content (AvgIpc) is 2.95. The van der Waals surface area contributed by atoms with E-state index in [1.165, 1.54) is 13.8 Å². The molecule has 34 heavy (non-hydrogen) atoms. The van der Waals surface area contributed by atoms with Crippen LogP contribution in [0.3, 0.4) is 0 Å². The third-order valence-electron chi connectivity index (χ3n) is 10.5. The van der Waals surface area contributed by atoms with Gasteiger partial charge in [-0.3, -0.25) is 14.4 Å². The summed E-state index contributed by atoms with van der Waals surface area (Å²) in [5, 5.41) is 22.3. The number of fused-ring (bicyclic) bond motifs is 5. The quantitative estimate of drug-likeness (QED) is 0.593. The predicted octanol–water partition coefficient (Wildman–Crippen LogP) is 3.13. The van der Waals surface area contributed by atoms with Gasteiger partial charge in [0.25, 0.3) is 0 Å². The molecule has 192 valence electrons. The number of carbonyl (C=O) groups excluding carboxylic acids is 3. The van der Waals surface area contributed by atoms with Crippen molar-refractivity contribution in [3.63, 3.8) is 0 Å². The van der Waals surface area contributed by atoms with Crippen molar-refractivity contribution in [3.05, 3.63) is 0 Å². The number of alkyl halides is 1. The molecule has 0 radical (unpaired) electrons. The highest BCUT2D eigenvalue weighted by atomic mass is 19.1. The van der Waals surface area contributed by atoms with Gasteiger partial charge < -0.3 is 19.7 Å². The third-order valence-corrected chi connectivity index (χ3v) is 10.5. The first kappa shape index (κ1) is 25.5. The van der Waals surface area contributed by atoms with E-state index in [9.17, 15) is 24.6 Å². The minimum Gasteiger partial charge on any atom is -0.458 e. The molecule has 4 aliphatic carbocycles. The molecule has 2 N–H and O–H groups in total. The van der Waals surface area contributed by atoms with Gasteiger partial charge in [0.05, 0.1) is 6.10 Å². The van der Waals surface area contributed by atoms with E-state index in [1.54, 1.807) is 0 Å². The van der Waals surface area contributed by atoms with Gasteiger partial charge in [-0.25, -0.2) is 4.39 Å². The van der Waals surface area contributed by atoms with Crippen LogP contribution in [-0.2, 0) is 23.9 Å². The molecule has 0 bridgehead atoms. The maximum atomic E-state index is 16.2. The third kappa shape index (κ3) is 3.30. The zero-order valence-corrected chi connectivity index (χ0v) is 20.9. The Kier molecular flexibility index (Phi) is 6.20. The first-order chi connectivity index (χ1) is 15.7. The summed E-state index contributed by atoms with van der Waals surface area (Å²) in [7, 11) is 0. The summed E-state index contributed by atoms with van der Waals surface area (Å²) in [6.07, 6.45) is 0.986. The number of aliphatic hydroxyl groups is 2. The maximum Gasteiger partial charge on any atom is 0.303 e. The number of hydrogen-bond acceptors (Lipinski definition) is 7. The van der Waals surface area contributed by atoms with E-state index in [0.717, 1.165) is 0 Å². The molecular weight excluding hydrogens is 443 g/mol. The highest BCUT2D eigenvalue weighted by Gasteiger charge is 2.73. The number of ether oxygens (including phenoxy) is 2. The van der Waals surface area contributed by atoms with Crippen molar-refractivity contribution in [1.82, 2.24) is 0 Å². The van der Waals surface area contributed by atoms with Gasteiger partial charge >= 0.3 is 11.9 Å². The van der Waals surface area contributed by atoms with Crippen LogP contribution >= 0.6 is 0 Å². The predicted molar refractivity (Wildman–Crippen MR) is 120 cm³/mol. The summed E-state index contributed by atoms with van der Waals surface area (Å²) < 4.78 is 26.9. The Morgan fingerprint density at radius 3 is 2.26 bits per heavy atom. The molecular formula is C26H39FO7. The van der Waals surface area contributed by atoms with E-state index in [0.29, 0.717) is 32.1 Å². The highest BCUT2D eigenvalue weighted by Crippen LogP contribution is 2.71. The largest absolute Gasteiger partial charge is 0.458 e. The van der Waals surface area contributed by atoms with Crippen LogP contribution in [0.25, 0.3) is 0 Å². The van der Waals surface area contributed by atoms with Crippen molar-refractivity contribution >= 4 is 17.7 Å². The summed E-state index contributed by atoms with van der Waals surface area (Å²) in [4.78, 5) is 36.5. The highest BCUT2D eigenvalue weighted by molar-refractivity contribution is 5.91. The molecule has 0 saturated heterocycles. The van der Waals surface area contributed by atoms with Gasteiger partial charge in [-0.15, -0.1) is 0 Å². The molecule has 0 unspecified atom stereocenters. The first-order valence-electron chi connectivity index (χ1n) is 12.6. The number of Topliss-reactive ketones (excluding diaryl/α,β-unsaturated/α-hetero) is 1. The molecule has 4 rings (SSSR count). The zero-order chi connectivity index (χ0) is 25.3. The van der Waals surface area contributed by atoms with Gasteiger partial charge in [0.15, 0.2) is 12.2 Å². The van der Waals surface area contributed by atoms with Crippen LogP contribution in [0.1, 0.15) is 79.6 Å². The monoisotopic (exact) mass is 482 g/mol. The lowest BCUT2D eigenvalue weighted by atomic mass is 9.42. The molecule has 0 amide bonds. The van der Waals surface area contributed by atoms with Gasteiger partial charge in [-0.1, -0.05) is 20.8 Å². The van der Waals surface area contributed by atoms with E-state index in [4.69, 9.17) is 9.47 Å². The van der Waals surface area contributed by atoms with E-state index in [-0.39, 0.29) is 36.5 Å². The normalized spacial score (nSPS) is 49.9. The molecule has 0 aromatic rings. The smallest absolute Gasteiger partial charge is 0.303 e. The van der Waals surface area contributed by atoms with E-state index >= 15 is 4.39 Å². The molecule has 0 spiro atoms. The number of esters is 2. The Balaban J connectivity index is 1.70. The summed E-state index contributed by atoms with van der Waals surface area (Å²) >= 11 is 0. The number of carbonyl (C=O) groups is 3. The Labute approximate surface area is 200 Å². The molecule has 0 heterocycles. The van der Waals surface area contributed by atoms with Crippen LogP contribution in [0, 0.1) is 34.5 Å². The zero-order valence-electron chi connectivity index (χ0n) is 20.9. The Morgan fingerprint density at radius 2 is 1.65 bits per heavy atom. The minimum atomic E-state index is -1.65. The van der Waals surface area contributed by atoms with Crippen LogP contribution < -0.4 is 0 Å². The van der Waals surface area contributed by atoms with Crippen molar-refractivity contribution in [3.8, 4) is 0 Å². The lowest BCUT2D eigenvalue weighted by Gasteiger charge is -2.65. The fraction of sp³-hybridized carbons (Fsp3) is 0.885. The number of hydrogen-bond donors (Lipinski definition) is 2. The Bertz CT molecular complexity index is 877. The molecule has 8 heteroatoms. The summed E-state index contributed by atoms with van der Waals surface area (Å²) in [6.45, 7) is 7.83. The summed E-state index contributed by atoms with van der Waals surface area (Å²) in [5.74, 6) is -2.10. The number of aliphatic hydroxyl groups excluding tert-OH is 1. The lowest BCUT2D eigenvalue weighted by molar-refractivity contribution is -0.264. The van der Waals surface area contributed by atoms with Gasteiger partial charge in [-0.05, 0) is 62.2 Å². The van der Waals surface area contributed by atoms with E-state index in [2.05, 4.69) is 0 Å². The molecule has 4 saturated carbocycles. The molecule has 4 fully saturated rings. The summed E-state index contributed by atoms with van der Waals surface area (Å²) in [6, 6.07) is 0. The molecule has 4 aliphatic rings. The SMILES string of the molecule is CC(=O)OCC(=O)[C@@]1(O)[C@H](C)C[C@H]2[C@@H]3C[C@@H](F)[C@@]4(OC(C)=O)C[C@@H](O)CC[C@]4(C)[C@H]3CC[C@@]21C. The fourth-order valence-corrected chi connectivity index (χ4v) is 8.88. The average molecular weight is 483 g/mol. The van der Waals surface area contributed by atoms with Crippen molar-refractivity contribution < 1.29 is 38.5 Å². The Hall–Kier alpha value is -1.54. The molecule has 7 nitrogen and oxygen atoms in total. The maximum absolute atomic E-state index is 16.2. The molecule has 0 aromatic heterocycles. The second-order valence-electron chi connectivity index (χ2n) is 11.9. The van der Waals surface area contributed by atoms with Crippen LogP contribution in [0.5, 0.6) is 0 Å². The Morgan fingerprint density at radius 1 is 1.00 bits per heavy atom. The number of rotatable bonds is 4. The van der Waals surface area contributed by atoms with E-state index in [1.807, 2.05) is 20.8 Å². The van der Waals surface area contributed by atoms with Crippen LogP contribution in [0.15, 0.2) is 0 Å². The fourth-order valence-electron chi connectivity index (χ4n) is 8.88. The topological polar surface area (TPSA) is 110 Å². The first-order valence-corrected chi connectivity index (χ1v) is 12.6. The lowest BCUT2D eigenvalue weighted by Crippen LogP contribution is -2.69. The van der Waals surface area contributed by atoms with Crippen molar-refractivity contribution in [1.29, 1.82) is 0 Å².